The SMILES string of the molecule is CC1(C(=O)NC2COc3ccccc32)CCCN1. The van der Waals surface area contributed by atoms with Crippen LogP contribution >= 0.6 is 0 Å². The molecule has 2 atom stereocenters. The zero-order valence-corrected chi connectivity index (χ0v) is 10.5. The Balaban J connectivity index is 1.73. The van der Waals surface area contributed by atoms with E-state index in [0.29, 0.717) is 6.61 Å². The third-order valence-electron chi connectivity index (χ3n) is 3.88. The second-order valence-electron chi connectivity index (χ2n) is 5.24. The first kappa shape index (κ1) is 11.5. The van der Waals surface area contributed by atoms with Gasteiger partial charge in [0.25, 0.3) is 0 Å². The predicted molar refractivity (Wildman–Crippen MR) is 68.5 cm³/mol. The number of hydrogen-bond acceptors (Lipinski definition) is 3. The lowest BCUT2D eigenvalue weighted by atomic mass is 9.98. The maximum Gasteiger partial charge on any atom is 0.240 e. The van der Waals surface area contributed by atoms with E-state index in [4.69, 9.17) is 4.74 Å². The van der Waals surface area contributed by atoms with E-state index in [-0.39, 0.29) is 11.9 Å². The molecule has 2 aliphatic rings. The van der Waals surface area contributed by atoms with Crippen molar-refractivity contribution in [2.24, 2.45) is 0 Å². The van der Waals surface area contributed by atoms with Gasteiger partial charge in [0.2, 0.25) is 5.91 Å². The van der Waals surface area contributed by atoms with Crippen molar-refractivity contribution in [3.8, 4) is 5.75 Å². The highest BCUT2D eigenvalue weighted by Gasteiger charge is 2.38. The molecular formula is C14H18N2O2. The minimum atomic E-state index is -0.419. The highest BCUT2D eigenvalue weighted by molar-refractivity contribution is 5.86. The number of amides is 1. The van der Waals surface area contributed by atoms with Crippen molar-refractivity contribution in [3.05, 3.63) is 29.8 Å². The summed E-state index contributed by atoms with van der Waals surface area (Å²) in [5, 5.41) is 6.37. The third kappa shape index (κ3) is 1.86. The fraction of sp³-hybridized carbons (Fsp3) is 0.500. The highest BCUT2D eigenvalue weighted by atomic mass is 16.5. The lowest BCUT2D eigenvalue weighted by Gasteiger charge is -2.25. The number of ether oxygens (including phenoxy) is 1. The summed E-state index contributed by atoms with van der Waals surface area (Å²) in [6.07, 6.45) is 1.95. The molecule has 1 aromatic carbocycles. The molecule has 4 nitrogen and oxygen atoms in total. The number of benzene rings is 1. The topological polar surface area (TPSA) is 50.4 Å². The van der Waals surface area contributed by atoms with Gasteiger partial charge in [-0.05, 0) is 32.4 Å². The summed E-state index contributed by atoms with van der Waals surface area (Å²) in [4.78, 5) is 12.3. The van der Waals surface area contributed by atoms with Crippen molar-refractivity contribution in [2.45, 2.75) is 31.3 Å². The van der Waals surface area contributed by atoms with Gasteiger partial charge in [0, 0.05) is 5.56 Å². The standard InChI is InChI=1S/C14H18N2O2/c1-14(7-4-8-15-14)13(17)16-11-9-18-12-6-3-2-5-10(11)12/h2-3,5-6,11,15H,4,7-9H2,1H3,(H,16,17). The normalized spacial score (nSPS) is 29.7. The average Bonchev–Trinajstić information content (AvgIpc) is 2.98. The fourth-order valence-electron chi connectivity index (χ4n) is 2.69. The molecule has 0 bridgehead atoms. The molecule has 1 aromatic rings. The summed E-state index contributed by atoms with van der Waals surface area (Å²) in [6, 6.07) is 7.85. The van der Waals surface area contributed by atoms with Gasteiger partial charge >= 0.3 is 0 Å². The van der Waals surface area contributed by atoms with Gasteiger partial charge in [-0.15, -0.1) is 0 Å². The molecule has 3 rings (SSSR count). The van der Waals surface area contributed by atoms with Crippen LogP contribution in [0.3, 0.4) is 0 Å². The van der Waals surface area contributed by atoms with Crippen LogP contribution in [0, 0.1) is 0 Å². The van der Waals surface area contributed by atoms with Gasteiger partial charge in [0.05, 0.1) is 11.6 Å². The molecule has 0 radical (unpaired) electrons. The van der Waals surface area contributed by atoms with Crippen LogP contribution < -0.4 is 15.4 Å². The van der Waals surface area contributed by atoms with Gasteiger partial charge in [-0.1, -0.05) is 18.2 Å². The summed E-state index contributed by atoms with van der Waals surface area (Å²) >= 11 is 0. The molecular weight excluding hydrogens is 228 g/mol. The molecule has 2 heterocycles. The molecule has 1 amide bonds. The molecule has 96 valence electrons. The van der Waals surface area contributed by atoms with E-state index in [9.17, 15) is 4.79 Å². The fourth-order valence-corrected chi connectivity index (χ4v) is 2.69. The van der Waals surface area contributed by atoms with E-state index >= 15 is 0 Å². The number of carbonyl (C=O) groups is 1. The van der Waals surface area contributed by atoms with Crippen LogP contribution in [0.1, 0.15) is 31.4 Å². The maximum atomic E-state index is 12.3. The molecule has 0 aliphatic carbocycles. The molecule has 2 unspecified atom stereocenters. The first-order valence-corrected chi connectivity index (χ1v) is 6.47. The number of carbonyl (C=O) groups excluding carboxylic acids is 1. The first-order chi connectivity index (χ1) is 8.69. The number of para-hydroxylation sites is 1. The van der Waals surface area contributed by atoms with Crippen LogP contribution in [0.5, 0.6) is 5.75 Å². The summed E-state index contributed by atoms with van der Waals surface area (Å²) in [5.74, 6) is 0.956. The first-order valence-electron chi connectivity index (χ1n) is 6.47. The maximum absolute atomic E-state index is 12.3. The monoisotopic (exact) mass is 246 g/mol. The smallest absolute Gasteiger partial charge is 0.240 e. The van der Waals surface area contributed by atoms with Gasteiger partial charge < -0.3 is 15.4 Å². The van der Waals surface area contributed by atoms with Gasteiger partial charge in [0.1, 0.15) is 12.4 Å². The molecule has 18 heavy (non-hydrogen) atoms. The van der Waals surface area contributed by atoms with E-state index in [1.54, 1.807) is 0 Å². The van der Waals surface area contributed by atoms with Crippen molar-refractivity contribution >= 4 is 5.91 Å². The molecule has 0 spiro atoms. The second-order valence-corrected chi connectivity index (χ2v) is 5.24. The highest BCUT2D eigenvalue weighted by Crippen LogP contribution is 2.32. The van der Waals surface area contributed by atoms with Crippen LogP contribution in [-0.4, -0.2) is 24.6 Å². The van der Waals surface area contributed by atoms with E-state index in [1.165, 1.54) is 0 Å². The Hall–Kier alpha value is -1.55. The summed E-state index contributed by atoms with van der Waals surface area (Å²) < 4.78 is 5.57. The predicted octanol–water partition coefficient (Wildman–Crippen LogP) is 1.38. The minimum absolute atomic E-state index is 0.0204. The molecule has 1 fully saturated rings. The zero-order chi connectivity index (χ0) is 12.6. The van der Waals surface area contributed by atoms with Crippen LogP contribution in [0.15, 0.2) is 24.3 Å². The average molecular weight is 246 g/mol. The van der Waals surface area contributed by atoms with Crippen molar-refractivity contribution < 1.29 is 9.53 Å². The Morgan fingerprint density at radius 1 is 1.50 bits per heavy atom. The van der Waals surface area contributed by atoms with Crippen molar-refractivity contribution in [1.82, 2.24) is 10.6 Å². The number of rotatable bonds is 2. The van der Waals surface area contributed by atoms with Crippen LogP contribution in [0.4, 0.5) is 0 Å². The van der Waals surface area contributed by atoms with E-state index in [1.807, 2.05) is 31.2 Å². The lowest BCUT2D eigenvalue weighted by Crippen LogP contribution is -2.52. The van der Waals surface area contributed by atoms with Gasteiger partial charge in [-0.25, -0.2) is 0 Å². The molecule has 0 saturated carbocycles. The molecule has 2 aliphatic heterocycles. The summed E-state index contributed by atoms with van der Waals surface area (Å²) in [7, 11) is 0. The number of fused-ring (bicyclic) bond motifs is 1. The second kappa shape index (κ2) is 4.28. The minimum Gasteiger partial charge on any atom is -0.491 e. The Kier molecular flexibility index (Phi) is 2.74. The van der Waals surface area contributed by atoms with Crippen LogP contribution in [0.2, 0.25) is 0 Å². The molecule has 2 N–H and O–H groups in total. The van der Waals surface area contributed by atoms with E-state index in [0.717, 1.165) is 30.7 Å². The Labute approximate surface area is 107 Å². The van der Waals surface area contributed by atoms with Gasteiger partial charge in [-0.2, -0.15) is 0 Å². The zero-order valence-electron chi connectivity index (χ0n) is 10.5. The van der Waals surface area contributed by atoms with Gasteiger partial charge in [-0.3, -0.25) is 4.79 Å². The Bertz CT molecular complexity index is 467. The van der Waals surface area contributed by atoms with Crippen molar-refractivity contribution in [2.75, 3.05) is 13.2 Å². The van der Waals surface area contributed by atoms with E-state index < -0.39 is 5.54 Å². The molecule has 0 aromatic heterocycles. The number of nitrogens with one attached hydrogen (secondary N) is 2. The van der Waals surface area contributed by atoms with Crippen LogP contribution in [-0.2, 0) is 4.79 Å². The van der Waals surface area contributed by atoms with Crippen LogP contribution in [0.25, 0.3) is 0 Å². The molecule has 1 saturated heterocycles. The van der Waals surface area contributed by atoms with E-state index in [2.05, 4.69) is 10.6 Å². The Morgan fingerprint density at radius 2 is 2.33 bits per heavy atom. The molecule has 4 heteroatoms. The number of hydrogen-bond donors (Lipinski definition) is 2. The lowest BCUT2D eigenvalue weighted by molar-refractivity contribution is -0.127. The quantitative estimate of drug-likeness (QED) is 0.829. The summed E-state index contributed by atoms with van der Waals surface area (Å²) in [5.41, 5.74) is 0.657. The van der Waals surface area contributed by atoms with Crippen molar-refractivity contribution in [1.29, 1.82) is 0 Å². The van der Waals surface area contributed by atoms with Crippen molar-refractivity contribution in [3.63, 3.8) is 0 Å². The summed E-state index contributed by atoms with van der Waals surface area (Å²) in [6.45, 7) is 3.42. The third-order valence-corrected chi connectivity index (χ3v) is 3.88. The Morgan fingerprint density at radius 3 is 3.11 bits per heavy atom. The van der Waals surface area contributed by atoms with Gasteiger partial charge in [0.15, 0.2) is 0 Å². The largest absolute Gasteiger partial charge is 0.491 e.